The number of hydrogen-bond donors (Lipinski definition) is 1. The normalized spacial score (nSPS) is 24.2. The maximum absolute atomic E-state index is 12.1. The molecule has 0 radical (unpaired) electrons. The molecule has 1 fully saturated rings. The Balaban J connectivity index is 1.98. The topological polar surface area (TPSA) is 74.2 Å². The Bertz CT molecular complexity index is 812. The third-order valence-corrected chi connectivity index (χ3v) is 10.9. The summed E-state index contributed by atoms with van der Waals surface area (Å²) in [6.45, 7) is 6.67. The maximum Gasteiger partial charge on any atom is 0.337 e. The summed E-state index contributed by atoms with van der Waals surface area (Å²) in [6, 6.07) is 20.5. The number of rotatable bonds is 7. The van der Waals surface area contributed by atoms with Crippen LogP contribution in [0.1, 0.15) is 20.8 Å². The summed E-state index contributed by atoms with van der Waals surface area (Å²) in [4.78, 5) is 12.1. The molecule has 0 spiro atoms. The summed E-state index contributed by atoms with van der Waals surface area (Å²) < 4.78 is 22.8. The van der Waals surface area contributed by atoms with E-state index in [2.05, 4.69) is 45.0 Å². The largest absolute Gasteiger partial charge is 0.467 e. The Hall–Kier alpha value is -2.03. The van der Waals surface area contributed by atoms with Crippen molar-refractivity contribution in [3.63, 3.8) is 0 Å². The van der Waals surface area contributed by atoms with Crippen LogP contribution in [0, 0.1) is 0 Å². The number of hydrogen-bond acceptors (Lipinski definition) is 6. The lowest BCUT2D eigenvalue weighted by Gasteiger charge is -2.43. The highest BCUT2D eigenvalue weighted by Gasteiger charge is 2.53. The van der Waals surface area contributed by atoms with E-state index in [0.29, 0.717) is 0 Å². The van der Waals surface area contributed by atoms with E-state index in [1.807, 2.05) is 36.4 Å². The molecule has 4 atom stereocenters. The molecule has 7 heteroatoms. The number of ether oxygens (including phenoxy) is 3. The molecule has 1 aliphatic heterocycles. The van der Waals surface area contributed by atoms with Crippen LogP contribution in [-0.2, 0) is 23.4 Å². The number of aliphatic hydroxyl groups is 1. The molecule has 0 saturated carbocycles. The Labute approximate surface area is 185 Å². The van der Waals surface area contributed by atoms with Crippen LogP contribution in [0.4, 0.5) is 0 Å². The zero-order chi connectivity index (χ0) is 22.6. The van der Waals surface area contributed by atoms with E-state index in [1.165, 1.54) is 14.2 Å². The molecule has 3 rings (SSSR count). The standard InChI is InChI=1S/C24H32O6Si/c1-24(2,3)31(17-12-8-6-9-13-17,18-14-10-7-11-15-18)29-16-19-20(25)21(27-4)22(30-19)23(26)28-5/h6-15,19-22,25H,16H2,1-5H3/t19-,20+,21-,22-/m1/s1. The van der Waals surface area contributed by atoms with Crippen LogP contribution >= 0.6 is 0 Å². The van der Waals surface area contributed by atoms with Crippen molar-refractivity contribution in [1.29, 1.82) is 0 Å². The molecular formula is C24H32O6Si. The van der Waals surface area contributed by atoms with Crippen molar-refractivity contribution in [2.75, 3.05) is 20.8 Å². The summed E-state index contributed by atoms with van der Waals surface area (Å²) in [6.07, 6.45) is -3.51. The van der Waals surface area contributed by atoms with Crippen LogP contribution in [0.3, 0.4) is 0 Å². The highest BCUT2D eigenvalue weighted by atomic mass is 28.4. The van der Waals surface area contributed by atoms with Crippen LogP contribution in [0.2, 0.25) is 5.04 Å². The van der Waals surface area contributed by atoms with Gasteiger partial charge in [-0.05, 0) is 15.4 Å². The second-order valence-corrected chi connectivity index (χ2v) is 13.1. The lowest BCUT2D eigenvalue weighted by molar-refractivity contribution is -0.158. The molecule has 0 aliphatic carbocycles. The van der Waals surface area contributed by atoms with Crippen LogP contribution in [0.15, 0.2) is 60.7 Å². The number of esters is 1. The number of carbonyl (C=O) groups is 1. The predicted octanol–water partition coefficient (Wildman–Crippen LogP) is 1.88. The van der Waals surface area contributed by atoms with Crippen LogP contribution < -0.4 is 10.4 Å². The average Bonchev–Trinajstić information content (AvgIpc) is 3.09. The van der Waals surface area contributed by atoms with Gasteiger partial charge in [0, 0.05) is 7.11 Å². The van der Waals surface area contributed by atoms with E-state index in [-0.39, 0.29) is 11.6 Å². The van der Waals surface area contributed by atoms with E-state index >= 15 is 0 Å². The first-order valence-electron chi connectivity index (χ1n) is 10.5. The van der Waals surface area contributed by atoms with Crippen molar-refractivity contribution >= 4 is 24.7 Å². The van der Waals surface area contributed by atoms with Gasteiger partial charge in [0.15, 0.2) is 6.10 Å². The molecule has 1 aliphatic rings. The van der Waals surface area contributed by atoms with Crippen molar-refractivity contribution < 1.29 is 28.5 Å². The molecule has 0 aromatic heterocycles. The third kappa shape index (κ3) is 4.47. The SMILES string of the molecule is COC(=O)[C@@H]1O[C@H](CO[Si](c2ccccc2)(c2ccccc2)C(C)(C)C)[C@H](O)[C@H]1OC. The van der Waals surface area contributed by atoms with E-state index in [9.17, 15) is 9.90 Å². The predicted molar refractivity (Wildman–Crippen MR) is 121 cm³/mol. The van der Waals surface area contributed by atoms with Crippen molar-refractivity contribution in [3.8, 4) is 0 Å². The number of benzene rings is 2. The molecule has 2 aromatic rings. The minimum Gasteiger partial charge on any atom is -0.467 e. The first-order valence-corrected chi connectivity index (χ1v) is 12.4. The molecule has 2 aromatic carbocycles. The van der Waals surface area contributed by atoms with Gasteiger partial charge in [0.05, 0.1) is 13.7 Å². The van der Waals surface area contributed by atoms with Gasteiger partial charge >= 0.3 is 5.97 Å². The minimum absolute atomic E-state index is 0.127. The third-order valence-electron chi connectivity index (χ3n) is 5.92. The lowest BCUT2D eigenvalue weighted by Crippen LogP contribution is -2.67. The van der Waals surface area contributed by atoms with Gasteiger partial charge in [-0.3, -0.25) is 0 Å². The van der Waals surface area contributed by atoms with Crippen LogP contribution in [-0.4, -0.2) is 64.6 Å². The van der Waals surface area contributed by atoms with Crippen LogP contribution in [0.25, 0.3) is 0 Å². The minimum atomic E-state index is -2.78. The first-order chi connectivity index (χ1) is 14.8. The smallest absolute Gasteiger partial charge is 0.337 e. The van der Waals surface area contributed by atoms with Gasteiger partial charge in [-0.25, -0.2) is 4.79 Å². The fourth-order valence-electron chi connectivity index (χ4n) is 4.41. The molecule has 0 unspecified atom stereocenters. The van der Waals surface area contributed by atoms with Crippen molar-refractivity contribution in [1.82, 2.24) is 0 Å². The zero-order valence-electron chi connectivity index (χ0n) is 18.8. The highest BCUT2D eigenvalue weighted by molar-refractivity contribution is 6.99. The van der Waals surface area contributed by atoms with Gasteiger partial charge in [0.1, 0.15) is 18.3 Å². The van der Waals surface area contributed by atoms with E-state index < -0.39 is 38.7 Å². The molecule has 1 heterocycles. The highest BCUT2D eigenvalue weighted by Crippen LogP contribution is 2.37. The quantitative estimate of drug-likeness (QED) is 0.519. The summed E-state index contributed by atoms with van der Waals surface area (Å²) in [5, 5.41) is 12.8. The fraction of sp³-hybridized carbons (Fsp3) is 0.458. The fourth-order valence-corrected chi connectivity index (χ4v) is 8.98. The van der Waals surface area contributed by atoms with Gasteiger partial charge in [0.25, 0.3) is 8.32 Å². The molecule has 1 N–H and O–H groups in total. The van der Waals surface area contributed by atoms with E-state index in [0.717, 1.165) is 10.4 Å². The second-order valence-electron chi connectivity index (χ2n) is 8.78. The van der Waals surface area contributed by atoms with Gasteiger partial charge in [-0.2, -0.15) is 0 Å². The van der Waals surface area contributed by atoms with Crippen molar-refractivity contribution in [2.24, 2.45) is 0 Å². The van der Waals surface area contributed by atoms with Gasteiger partial charge in [0.2, 0.25) is 0 Å². The number of methoxy groups -OCH3 is 2. The van der Waals surface area contributed by atoms with E-state index in [4.69, 9.17) is 18.6 Å². The Morgan fingerprint density at radius 3 is 1.94 bits per heavy atom. The molecular weight excluding hydrogens is 412 g/mol. The molecule has 1 saturated heterocycles. The average molecular weight is 445 g/mol. The van der Waals surface area contributed by atoms with Crippen molar-refractivity contribution in [3.05, 3.63) is 60.7 Å². The van der Waals surface area contributed by atoms with Gasteiger partial charge in [-0.15, -0.1) is 0 Å². The zero-order valence-corrected chi connectivity index (χ0v) is 19.8. The molecule has 0 bridgehead atoms. The summed E-state index contributed by atoms with van der Waals surface area (Å²) >= 11 is 0. The summed E-state index contributed by atoms with van der Waals surface area (Å²) in [7, 11) is -0.0526. The number of aliphatic hydroxyl groups excluding tert-OH is 1. The molecule has 168 valence electrons. The molecule has 0 amide bonds. The first kappa shape index (κ1) is 23.6. The second kappa shape index (κ2) is 9.63. The van der Waals surface area contributed by atoms with Crippen LogP contribution in [0.5, 0.6) is 0 Å². The lowest BCUT2D eigenvalue weighted by atomic mass is 10.1. The molecule has 6 nitrogen and oxygen atoms in total. The monoisotopic (exact) mass is 444 g/mol. The number of carbonyl (C=O) groups excluding carboxylic acids is 1. The maximum atomic E-state index is 12.1. The van der Waals surface area contributed by atoms with Gasteiger partial charge in [-0.1, -0.05) is 81.4 Å². The van der Waals surface area contributed by atoms with Gasteiger partial charge < -0.3 is 23.7 Å². The Kier molecular flexibility index (Phi) is 7.34. The molecule has 31 heavy (non-hydrogen) atoms. The Morgan fingerprint density at radius 2 is 1.52 bits per heavy atom. The Morgan fingerprint density at radius 1 is 1.00 bits per heavy atom. The van der Waals surface area contributed by atoms with E-state index in [1.54, 1.807) is 0 Å². The summed E-state index contributed by atoms with van der Waals surface area (Å²) in [5.41, 5.74) is 0. The summed E-state index contributed by atoms with van der Waals surface area (Å²) in [5.74, 6) is -0.571. The van der Waals surface area contributed by atoms with Crippen molar-refractivity contribution in [2.45, 2.75) is 50.2 Å².